The molecule has 1 N–H and O–H groups in total. The molecule has 0 amide bonds. The molecule has 1 saturated heterocycles. The molecule has 1 atom stereocenters. The minimum Gasteiger partial charge on any atom is -0.490 e. The van der Waals surface area contributed by atoms with Gasteiger partial charge in [0.2, 0.25) is 0 Å². The van der Waals surface area contributed by atoms with Crippen LogP contribution in [0.4, 0.5) is 0 Å². The van der Waals surface area contributed by atoms with Gasteiger partial charge in [0.15, 0.2) is 5.78 Å². The van der Waals surface area contributed by atoms with E-state index in [9.17, 15) is 4.79 Å². The van der Waals surface area contributed by atoms with Gasteiger partial charge in [-0.25, -0.2) is 0 Å². The Bertz CT molecular complexity index is 1210. The number of benzene rings is 3. The largest absolute Gasteiger partial charge is 0.490 e. The lowest BCUT2D eigenvalue weighted by molar-refractivity contribution is 0.0979. The minimum atomic E-state index is 0.224. The van der Waals surface area contributed by atoms with Crippen molar-refractivity contribution in [3.63, 3.8) is 0 Å². The summed E-state index contributed by atoms with van der Waals surface area (Å²) in [7, 11) is 0. The number of likely N-dealkylation sites (tertiary alicyclic amines) is 1. The van der Waals surface area contributed by atoms with Crippen LogP contribution in [0.3, 0.4) is 0 Å². The number of aryl methyl sites for hydroxylation is 2. The Morgan fingerprint density at radius 3 is 1.95 bits per heavy atom. The molecule has 5 heteroatoms. The first kappa shape index (κ1) is 30.4. The summed E-state index contributed by atoms with van der Waals surface area (Å²) >= 11 is 0. The molecular formula is C36H46N2O3. The van der Waals surface area contributed by atoms with Crippen molar-refractivity contribution < 1.29 is 14.3 Å². The standard InChI is InChI=1S/C36H46N2O3/c1-28-10-16-32(17-11-28)36(39)9-5-4-8-30(3)37-33(27-38-22-6-7-23-38)26-31-14-20-35(21-15-31)41-25-24-40-34-18-12-29(2)13-19-34/h10-21,33,37H,3-9,22-27H2,1-2H3. The topological polar surface area (TPSA) is 50.8 Å². The van der Waals surface area contributed by atoms with E-state index < -0.39 is 0 Å². The molecule has 1 aliphatic heterocycles. The van der Waals surface area contributed by atoms with Crippen LogP contribution in [0.2, 0.25) is 0 Å². The molecule has 1 aliphatic rings. The zero-order valence-electron chi connectivity index (χ0n) is 24.9. The Kier molecular flexibility index (Phi) is 11.9. The first-order valence-electron chi connectivity index (χ1n) is 15.1. The van der Waals surface area contributed by atoms with Gasteiger partial charge >= 0.3 is 0 Å². The Morgan fingerprint density at radius 2 is 1.34 bits per heavy atom. The van der Waals surface area contributed by atoms with E-state index in [1.807, 2.05) is 67.6 Å². The Morgan fingerprint density at radius 1 is 0.805 bits per heavy atom. The van der Waals surface area contributed by atoms with Gasteiger partial charge in [-0.3, -0.25) is 4.79 Å². The lowest BCUT2D eigenvalue weighted by Crippen LogP contribution is -2.41. The number of carbonyl (C=O) groups excluding carboxylic acids is 1. The highest BCUT2D eigenvalue weighted by Gasteiger charge is 2.18. The number of rotatable bonds is 17. The first-order chi connectivity index (χ1) is 19.9. The van der Waals surface area contributed by atoms with Crippen molar-refractivity contribution >= 4 is 5.78 Å². The van der Waals surface area contributed by atoms with Crippen molar-refractivity contribution in [1.29, 1.82) is 0 Å². The van der Waals surface area contributed by atoms with E-state index in [0.717, 1.165) is 55.0 Å². The van der Waals surface area contributed by atoms with Gasteiger partial charge in [0.1, 0.15) is 24.7 Å². The van der Waals surface area contributed by atoms with E-state index in [0.29, 0.717) is 25.7 Å². The number of hydrogen-bond donors (Lipinski definition) is 1. The highest BCUT2D eigenvalue weighted by molar-refractivity contribution is 5.96. The summed E-state index contributed by atoms with van der Waals surface area (Å²) in [6, 6.07) is 24.7. The van der Waals surface area contributed by atoms with Crippen LogP contribution in [0.5, 0.6) is 11.5 Å². The fourth-order valence-electron chi connectivity index (χ4n) is 5.27. The second-order valence-electron chi connectivity index (χ2n) is 11.3. The molecule has 3 aromatic carbocycles. The van der Waals surface area contributed by atoms with Gasteiger partial charge in [0, 0.05) is 30.3 Å². The normalized spacial score (nSPS) is 14.0. The summed E-state index contributed by atoms with van der Waals surface area (Å²) in [6.45, 7) is 12.8. The van der Waals surface area contributed by atoms with E-state index in [4.69, 9.17) is 9.47 Å². The smallest absolute Gasteiger partial charge is 0.162 e. The van der Waals surface area contributed by atoms with E-state index in [1.54, 1.807) is 0 Å². The molecule has 0 aliphatic carbocycles. The third kappa shape index (κ3) is 10.7. The molecule has 0 spiro atoms. The molecule has 218 valence electrons. The van der Waals surface area contributed by atoms with Crippen LogP contribution in [-0.2, 0) is 6.42 Å². The van der Waals surface area contributed by atoms with Crippen molar-refractivity contribution in [3.8, 4) is 11.5 Å². The number of carbonyl (C=O) groups is 1. The lowest BCUT2D eigenvalue weighted by atomic mass is 10.0. The molecule has 3 aromatic rings. The summed E-state index contributed by atoms with van der Waals surface area (Å²) in [5, 5.41) is 3.73. The van der Waals surface area contributed by atoms with E-state index in [1.165, 1.54) is 42.6 Å². The van der Waals surface area contributed by atoms with Crippen LogP contribution >= 0.6 is 0 Å². The van der Waals surface area contributed by atoms with Crippen LogP contribution < -0.4 is 14.8 Å². The van der Waals surface area contributed by atoms with Gasteiger partial charge in [0.05, 0.1) is 0 Å². The van der Waals surface area contributed by atoms with Gasteiger partial charge in [-0.2, -0.15) is 0 Å². The van der Waals surface area contributed by atoms with E-state index >= 15 is 0 Å². The van der Waals surface area contributed by atoms with Crippen LogP contribution in [0.25, 0.3) is 0 Å². The quantitative estimate of drug-likeness (QED) is 0.140. The number of allylic oxidation sites excluding steroid dienone is 1. The van der Waals surface area contributed by atoms with Crippen molar-refractivity contribution in [1.82, 2.24) is 10.2 Å². The van der Waals surface area contributed by atoms with Gasteiger partial charge in [-0.15, -0.1) is 0 Å². The Balaban J connectivity index is 1.20. The number of hydrogen-bond acceptors (Lipinski definition) is 5. The third-order valence-corrected chi connectivity index (χ3v) is 7.64. The van der Waals surface area contributed by atoms with Crippen molar-refractivity contribution in [2.45, 2.75) is 64.8 Å². The zero-order valence-corrected chi connectivity index (χ0v) is 24.9. The molecule has 0 bridgehead atoms. The van der Waals surface area contributed by atoms with Gasteiger partial charge < -0.3 is 19.7 Å². The summed E-state index contributed by atoms with van der Waals surface area (Å²) < 4.78 is 11.7. The molecule has 41 heavy (non-hydrogen) atoms. The second-order valence-corrected chi connectivity index (χ2v) is 11.3. The number of ether oxygens (including phenoxy) is 2. The number of nitrogens with zero attached hydrogens (tertiary/aromatic N) is 1. The van der Waals surface area contributed by atoms with E-state index in [-0.39, 0.29) is 5.78 Å². The van der Waals surface area contributed by atoms with Crippen molar-refractivity contribution in [2.75, 3.05) is 32.8 Å². The Hall–Kier alpha value is -3.57. The number of ketones is 1. The molecule has 0 aromatic heterocycles. The number of Topliss-reactive ketones (excluding diaryl/α,β-unsaturated/α-hetero) is 1. The first-order valence-corrected chi connectivity index (χ1v) is 15.1. The predicted octanol–water partition coefficient (Wildman–Crippen LogP) is 7.31. The highest BCUT2D eigenvalue weighted by atomic mass is 16.5. The molecule has 4 rings (SSSR count). The maximum atomic E-state index is 12.5. The van der Waals surface area contributed by atoms with Crippen molar-refractivity contribution in [2.24, 2.45) is 0 Å². The van der Waals surface area contributed by atoms with Gasteiger partial charge in [-0.05, 0) is 95.3 Å². The summed E-state index contributed by atoms with van der Waals surface area (Å²) in [5.74, 6) is 1.94. The molecule has 5 nitrogen and oxygen atoms in total. The SMILES string of the molecule is C=C(CCCCC(=O)c1ccc(C)cc1)NC(Cc1ccc(OCCOc2ccc(C)cc2)cc1)CN1CCCC1. The molecular weight excluding hydrogens is 508 g/mol. The van der Waals surface area contributed by atoms with Crippen LogP contribution in [0.1, 0.15) is 65.6 Å². The fraction of sp³-hybridized carbons (Fsp3) is 0.417. The summed E-state index contributed by atoms with van der Waals surface area (Å²) in [4.78, 5) is 15.0. The van der Waals surface area contributed by atoms with Crippen LogP contribution in [0, 0.1) is 13.8 Å². The van der Waals surface area contributed by atoms with Crippen molar-refractivity contribution in [3.05, 3.63) is 107 Å². The average Bonchev–Trinajstić information content (AvgIpc) is 3.48. The van der Waals surface area contributed by atoms with Gasteiger partial charge in [-0.1, -0.05) is 66.2 Å². The predicted molar refractivity (Wildman–Crippen MR) is 168 cm³/mol. The summed E-state index contributed by atoms with van der Waals surface area (Å²) in [6.07, 6.45) is 6.79. The van der Waals surface area contributed by atoms with Crippen LogP contribution in [-0.4, -0.2) is 49.6 Å². The molecule has 0 radical (unpaired) electrons. The van der Waals surface area contributed by atoms with Gasteiger partial charge in [0.25, 0.3) is 0 Å². The molecule has 1 fully saturated rings. The summed E-state index contributed by atoms with van der Waals surface area (Å²) in [5.41, 5.74) is 5.55. The monoisotopic (exact) mass is 554 g/mol. The maximum Gasteiger partial charge on any atom is 0.162 e. The molecule has 1 unspecified atom stereocenters. The zero-order chi connectivity index (χ0) is 28.9. The third-order valence-electron chi connectivity index (χ3n) is 7.64. The lowest BCUT2D eigenvalue weighted by Gasteiger charge is -2.26. The second kappa shape index (κ2) is 16.0. The van der Waals surface area contributed by atoms with Crippen LogP contribution in [0.15, 0.2) is 85.1 Å². The highest BCUT2D eigenvalue weighted by Crippen LogP contribution is 2.18. The number of nitrogens with one attached hydrogen (secondary N) is 1. The maximum absolute atomic E-state index is 12.5. The molecule has 1 heterocycles. The fourth-order valence-corrected chi connectivity index (χ4v) is 5.27. The minimum absolute atomic E-state index is 0.224. The average molecular weight is 555 g/mol. The number of unbranched alkanes of at least 4 members (excludes halogenated alkanes) is 1. The van der Waals surface area contributed by atoms with E-state index in [2.05, 4.69) is 35.9 Å². The Labute approximate surface area is 246 Å². The molecule has 0 saturated carbocycles.